The van der Waals surface area contributed by atoms with E-state index in [0.29, 0.717) is 12.8 Å². The maximum absolute atomic E-state index is 12.2. The van der Waals surface area contributed by atoms with E-state index in [9.17, 15) is 9.59 Å². The molecule has 0 heterocycles. The fourth-order valence-electron chi connectivity index (χ4n) is 2.28. The maximum atomic E-state index is 12.2. The van der Waals surface area contributed by atoms with Crippen LogP contribution in [0.4, 0.5) is 0 Å². The van der Waals surface area contributed by atoms with E-state index >= 15 is 0 Å². The van der Waals surface area contributed by atoms with Crippen LogP contribution >= 0.6 is 15.9 Å². The van der Waals surface area contributed by atoms with E-state index in [4.69, 9.17) is 0 Å². The zero-order valence-corrected chi connectivity index (χ0v) is 11.4. The van der Waals surface area contributed by atoms with Crippen molar-refractivity contribution in [1.29, 1.82) is 0 Å². The summed E-state index contributed by atoms with van der Waals surface area (Å²) in [6.07, 6.45) is 2.77. The zero-order chi connectivity index (χ0) is 12.4. The Morgan fingerprint density at radius 2 is 2.18 bits per heavy atom. The second kappa shape index (κ2) is 5.13. The Morgan fingerprint density at radius 3 is 2.82 bits per heavy atom. The van der Waals surface area contributed by atoms with Gasteiger partial charge in [0.05, 0.1) is 0 Å². The Hall–Kier alpha value is -0.960. The summed E-state index contributed by atoms with van der Waals surface area (Å²) >= 11 is 3.42. The molecule has 3 heteroatoms. The lowest BCUT2D eigenvalue weighted by Gasteiger charge is -2.19. The van der Waals surface area contributed by atoms with Crippen LogP contribution in [-0.2, 0) is 4.79 Å². The molecule has 17 heavy (non-hydrogen) atoms. The molecule has 0 aromatic heterocycles. The van der Waals surface area contributed by atoms with Crippen molar-refractivity contribution in [2.45, 2.75) is 32.6 Å². The number of Topliss-reactive ketones (excluding diaryl/α,β-unsaturated/α-hetero) is 2. The van der Waals surface area contributed by atoms with Crippen LogP contribution in [0.5, 0.6) is 0 Å². The van der Waals surface area contributed by atoms with Crippen molar-refractivity contribution in [3.8, 4) is 0 Å². The molecule has 1 aromatic rings. The molecule has 0 aliphatic heterocycles. The Labute approximate surface area is 110 Å². The van der Waals surface area contributed by atoms with Gasteiger partial charge in [0.25, 0.3) is 0 Å². The molecule has 1 atom stereocenters. The lowest BCUT2D eigenvalue weighted by Crippen LogP contribution is -2.23. The van der Waals surface area contributed by atoms with Crippen molar-refractivity contribution in [3.63, 3.8) is 0 Å². The molecule has 1 saturated carbocycles. The highest BCUT2D eigenvalue weighted by Gasteiger charge is 2.26. The predicted molar refractivity (Wildman–Crippen MR) is 70.2 cm³/mol. The van der Waals surface area contributed by atoms with E-state index in [1.807, 2.05) is 25.1 Å². The van der Waals surface area contributed by atoms with E-state index in [1.54, 1.807) is 0 Å². The predicted octanol–water partition coefficient (Wildman–Crippen LogP) is 3.70. The molecule has 0 amide bonds. The molecular weight excluding hydrogens is 280 g/mol. The average molecular weight is 295 g/mol. The van der Waals surface area contributed by atoms with Crippen LogP contribution < -0.4 is 0 Å². The van der Waals surface area contributed by atoms with Crippen molar-refractivity contribution in [2.75, 3.05) is 0 Å². The molecule has 1 unspecified atom stereocenters. The summed E-state index contributed by atoms with van der Waals surface area (Å²) < 4.78 is 1.01. The number of carbonyl (C=O) groups excluding carboxylic acids is 2. The van der Waals surface area contributed by atoms with Gasteiger partial charge >= 0.3 is 0 Å². The summed E-state index contributed by atoms with van der Waals surface area (Å²) in [6.45, 7) is 1.97. The van der Waals surface area contributed by atoms with E-state index in [1.165, 1.54) is 0 Å². The minimum Gasteiger partial charge on any atom is -0.300 e. The number of rotatable bonds is 2. The molecule has 1 aliphatic rings. The first-order valence-corrected chi connectivity index (χ1v) is 6.69. The molecule has 0 saturated heterocycles. The normalized spacial score (nSPS) is 20.4. The van der Waals surface area contributed by atoms with Gasteiger partial charge in [0.2, 0.25) is 0 Å². The summed E-state index contributed by atoms with van der Waals surface area (Å²) in [5.41, 5.74) is 1.78. The molecule has 1 aliphatic carbocycles. The van der Waals surface area contributed by atoms with Crippen molar-refractivity contribution >= 4 is 27.5 Å². The largest absolute Gasteiger partial charge is 0.300 e. The lowest BCUT2D eigenvalue weighted by atomic mass is 9.83. The fraction of sp³-hybridized carbons (Fsp3) is 0.429. The number of hydrogen-bond donors (Lipinski definition) is 0. The Bertz CT molecular complexity index is 465. The van der Waals surface area contributed by atoms with Gasteiger partial charge in [-0.25, -0.2) is 0 Å². The molecule has 1 aromatic carbocycles. The first-order valence-electron chi connectivity index (χ1n) is 5.90. The van der Waals surface area contributed by atoms with Gasteiger partial charge in [0.1, 0.15) is 5.78 Å². The Kier molecular flexibility index (Phi) is 3.77. The number of hydrogen-bond acceptors (Lipinski definition) is 2. The van der Waals surface area contributed by atoms with Crippen molar-refractivity contribution in [3.05, 3.63) is 33.8 Å². The molecule has 2 nitrogen and oxygen atoms in total. The third-order valence-corrected chi connectivity index (χ3v) is 4.19. The third-order valence-electron chi connectivity index (χ3n) is 3.30. The van der Waals surface area contributed by atoms with Gasteiger partial charge in [-0.15, -0.1) is 0 Å². The zero-order valence-electron chi connectivity index (χ0n) is 9.83. The highest BCUT2D eigenvalue weighted by Crippen LogP contribution is 2.26. The van der Waals surface area contributed by atoms with Crippen molar-refractivity contribution in [1.82, 2.24) is 0 Å². The number of aryl methyl sites for hydroxylation is 1. The van der Waals surface area contributed by atoms with Gasteiger partial charge in [-0.1, -0.05) is 22.0 Å². The summed E-state index contributed by atoms with van der Waals surface area (Å²) in [4.78, 5) is 23.6. The Balaban J connectivity index is 2.18. The van der Waals surface area contributed by atoms with E-state index < -0.39 is 0 Å². The lowest BCUT2D eigenvalue weighted by molar-refractivity contribution is -0.121. The van der Waals surface area contributed by atoms with Crippen LogP contribution in [0.1, 0.15) is 41.6 Å². The third kappa shape index (κ3) is 2.83. The Morgan fingerprint density at radius 1 is 1.41 bits per heavy atom. The molecule has 2 rings (SSSR count). The van der Waals surface area contributed by atoms with Crippen LogP contribution in [0.15, 0.2) is 22.7 Å². The molecular formula is C14H15BrO2. The smallest absolute Gasteiger partial charge is 0.166 e. The fourth-order valence-corrected chi connectivity index (χ4v) is 2.53. The summed E-state index contributed by atoms with van der Waals surface area (Å²) in [6, 6.07) is 5.62. The molecule has 0 spiro atoms. The summed E-state index contributed by atoms with van der Waals surface area (Å²) in [7, 11) is 0. The number of benzene rings is 1. The average Bonchev–Trinajstić information content (AvgIpc) is 2.32. The molecule has 0 radical (unpaired) electrons. The number of carbonyl (C=O) groups is 2. The first-order chi connectivity index (χ1) is 8.08. The first kappa shape index (κ1) is 12.5. The van der Waals surface area contributed by atoms with E-state index in [-0.39, 0.29) is 17.5 Å². The molecule has 0 N–H and O–H groups in total. The minimum absolute atomic E-state index is 0.100. The van der Waals surface area contributed by atoms with Crippen LogP contribution in [0.25, 0.3) is 0 Å². The van der Waals surface area contributed by atoms with Gasteiger partial charge < -0.3 is 0 Å². The molecule has 1 fully saturated rings. The van der Waals surface area contributed by atoms with E-state index in [0.717, 1.165) is 28.4 Å². The SMILES string of the molecule is Cc1cc(C(=O)C2CCCC(=O)C2)ccc1Br. The summed E-state index contributed by atoms with van der Waals surface area (Å²) in [5.74, 6) is 0.244. The maximum Gasteiger partial charge on any atom is 0.166 e. The summed E-state index contributed by atoms with van der Waals surface area (Å²) in [5, 5.41) is 0. The molecule has 90 valence electrons. The van der Waals surface area contributed by atoms with Gasteiger partial charge in [-0.2, -0.15) is 0 Å². The number of ketones is 2. The number of halogens is 1. The van der Waals surface area contributed by atoms with Crippen LogP contribution in [-0.4, -0.2) is 11.6 Å². The topological polar surface area (TPSA) is 34.1 Å². The van der Waals surface area contributed by atoms with Crippen molar-refractivity contribution < 1.29 is 9.59 Å². The second-order valence-electron chi connectivity index (χ2n) is 4.66. The monoisotopic (exact) mass is 294 g/mol. The minimum atomic E-state index is -0.100. The van der Waals surface area contributed by atoms with Crippen LogP contribution in [0.3, 0.4) is 0 Å². The van der Waals surface area contributed by atoms with Crippen LogP contribution in [0.2, 0.25) is 0 Å². The van der Waals surface area contributed by atoms with Crippen molar-refractivity contribution in [2.24, 2.45) is 5.92 Å². The van der Waals surface area contributed by atoms with Gasteiger partial charge in [0.15, 0.2) is 5.78 Å². The van der Waals surface area contributed by atoms with Gasteiger partial charge in [0, 0.05) is 28.8 Å². The molecule has 0 bridgehead atoms. The van der Waals surface area contributed by atoms with Gasteiger partial charge in [-0.05, 0) is 37.5 Å². The van der Waals surface area contributed by atoms with E-state index in [2.05, 4.69) is 15.9 Å². The second-order valence-corrected chi connectivity index (χ2v) is 5.51. The highest BCUT2D eigenvalue weighted by atomic mass is 79.9. The highest BCUT2D eigenvalue weighted by molar-refractivity contribution is 9.10. The quantitative estimate of drug-likeness (QED) is 0.780. The van der Waals surface area contributed by atoms with Crippen LogP contribution in [0, 0.1) is 12.8 Å². The van der Waals surface area contributed by atoms with Gasteiger partial charge in [-0.3, -0.25) is 9.59 Å². The standard InChI is InChI=1S/C14H15BrO2/c1-9-7-11(5-6-13(9)15)14(17)10-3-2-4-12(16)8-10/h5-7,10H,2-4,8H2,1H3.